The topological polar surface area (TPSA) is 29.5 Å². The standard InChI is InChI=1S/C21H27NO2/c1-3-22(4-2)15-16-24-21(23)20(19-13-9-6-10-14-19)17-18-11-7-5-8-12-18/h5-14,20H,3-4,15-17H2,1-2H3. The van der Waals surface area contributed by atoms with E-state index in [9.17, 15) is 4.79 Å². The number of carbonyl (C=O) groups is 1. The van der Waals surface area contributed by atoms with Crippen LogP contribution in [0.5, 0.6) is 0 Å². The van der Waals surface area contributed by atoms with E-state index in [1.54, 1.807) is 0 Å². The molecular weight excluding hydrogens is 298 g/mol. The molecule has 128 valence electrons. The van der Waals surface area contributed by atoms with E-state index >= 15 is 0 Å². The van der Waals surface area contributed by atoms with Gasteiger partial charge in [-0.15, -0.1) is 0 Å². The first-order chi connectivity index (χ1) is 11.7. The van der Waals surface area contributed by atoms with Crippen molar-refractivity contribution in [1.82, 2.24) is 4.90 Å². The molecule has 0 aliphatic rings. The molecule has 0 N–H and O–H groups in total. The molecule has 0 saturated carbocycles. The fourth-order valence-electron chi connectivity index (χ4n) is 2.79. The molecule has 3 nitrogen and oxygen atoms in total. The highest BCUT2D eigenvalue weighted by molar-refractivity contribution is 5.78. The lowest BCUT2D eigenvalue weighted by Gasteiger charge is -2.20. The van der Waals surface area contributed by atoms with Crippen LogP contribution >= 0.6 is 0 Å². The molecule has 1 atom stereocenters. The zero-order chi connectivity index (χ0) is 17.2. The van der Waals surface area contributed by atoms with Crippen molar-refractivity contribution < 1.29 is 9.53 Å². The highest BCUT2D eigenvalue weighted by Gasteiger charge is 2.22. The van der Waals surface area contributed by atoms with Crippen LogP contribution in [0, 0.1) is 0 Å². The summed E-state index contributed by atoms with van der Waals surface area (Å²) < 4.78 is 5.58. The number of hydrogen-bond acceptors (Lipinski definition) is 3. The molecular formula is C21H27NO2. The van der Waals surface area contributed by atoms with Crippen LogP contribution in [0.25, 0.3) is 0 Å². The molecule has 0 aliphatic heterocycles. The minimum Gasteiger partial charge on any atom is -0.464 e. The van der Waals surface area contributed by atoms with E-state index in [4.69, 9.17) is 4.74 Å². The highest BCUT2D eigenvalue weighted by atomic mass is 16.5. The minimum absolute atomic E-state index is 0.141. The van der Waals surface area contributed by atoms with E-state index < -0.39 is 0 Å². The molecule has 0 fully saturated rings. The summed E-state index contributed by atoms with van der Waals surface area (Å²) in [5.74, 6) is -0.400. The monoisotopic (exact) mass is 325 g/mol. The summed E-state index contributed by atoms with van der Waals surface area (Å²) in [5.41, 5.74) is 2.15. The number of carbonyl (C=O) groups excluding carboxylic acids is 1. The van der Waals surface area contributed by atoms with E-state index in [-0.39, 0.29) is 11.9 Å². The van der Waals surface area contributed by atoms with Gasteiger partial charge in [0.1, 0.15) is 6.61 Å². The van der Waals surface area contributed by atoms with Crippen LogP contribution in [0.1, 0.15) is 30.9 Å². The quantitative estimate of drug-likeness (QED) is 0.655. The molecule has 0 aliphatic carbocycles. The molecule has 0 saturated heterocycles. The molecule has 0 bridgehead atoms. The van der Waals surface area contributed by atoms with Crippen molar-refractivity contribution in [1.29, 1.82) is 0 Å². The van der Waals surface area contributed by atoms with Gasteiger partial charge in [-0.2, -0.15) is 0 Å². The lowest BCUT2D eigenvalue weighted by atomic mass is 9.92. The fraction of sp³-hybridized carbons (Fsp3) is 0.381. The van der Waals surface area contributed by atoms with Crippen LogP contribution in [-0.2, 0) is 16.0 Å². The van der Waals surface area contributed by atoms with Gasteiger partial charge in [-0.1, -0.05) is 74.5 Å². The summed E-state index contributed by atoms with van der Waals surface area (Å²) in [6.07, 6.45) is 0.662. The average Bonchev–Trinajstić information content (AvgIpc) is 2.64. The second-order valence-corrected chi connectivity index (χ2v) is 5.85. The Hall–Kier alpha value is -2.13. The van der Waals surface area contributed by atoms with E-state index in [1.807, 2.05) is 48.5 Å². The number of hydrogen-bond donors (Lipinski definition) is 0. The van der Waals surface area contributed by atoms with Gasteiger partial charge in [0, 0.05) is 6.54 Å². The van der Waals surface area contributed by atoms with Gasteiger partial charge in [-0.05, 0) is 30.6 Å². The number of nitrogens with zero attached hydrogens (tertiary/aromatic N) is 1. The van der Waals surface area contributed by atoms with Crippen molar-refractivity contribution in [2.45, 2.75) is 26.2 Å². The van der Waals surface area contributed by atoms with E-state index in [2.05, 4.69) is 30.9 Å². The van der Waals surface area contributed by atoms with Crippen LogP contribution in [0.2, 0.25) is 0 Å². The summed E-state index contributed by atoms with van der Waals surface area (Å²) in [6.45, 7) is 7.41. The molecule has 0 aromatic heterocycles. The number of benzene rings is 2. The molecule has 1 unspecified atom stereocenters. The first-order valence-corrected chi connectivity index (χ1v) is 8.72. The molecule has 0 amide bonds. The molecule has 0 radical (unpaired) electrons. The molecule has 0 spiro atoms. The van der Waals surface area contributed by atoms with Gasteiger partial charge < -0.3 is 9.64 Å². The first-order valence-electron chi connectivity index (χ1n) is 8.72. The number of likely N-dealkylation sites (N-methyl/N-ethyl adjacent to an activating group) is 1. The SMILES string of the molecule is CCN(CC)CCOC(=O)C(Cc1ccccc1)c1ccccc1. The zero-order valence-corrected chi connectivity index (χ0v) is 14.7. The average molecular weight is 325 g/mol. The predicted octanol–water partition coefficient (Wildman–Crippen LogP) is 3.90. The van der Waals surface area contributed by atoms with Crippen molar-refractivity contribution in [2.24, 2.45) is 0 Å². The lowest BCUT2D eigenvalue weighted by Crippen LogP contribution is -2.29. The summed E-state index contributed by atoms with van der Waals surface area (Å²) in [5, 5.41) is 0. The van der Waals surface area contributed by atoms with Gasteiger partial charge in [0.2, 0.25) is 0 Å². The van der Waals surface area contributed by atoms with Crippen molar-refractivity contribution in [3.8, 4) is 0 Å². The van der Waals surface area contributed by atoms with Gasteiger partial charge in [0.15, 0.2) is 0 Å². The maximum Gasteiger partial charge on any atom is 0.313 e. The van der Waals surface area contributed by atoms with Gasteiger partial charge in [-0.3, -0.25) is 4.79 Å². The number of rotatable bonds is 9. The number of ether oxygens (including phenoxy) is 1. The van der Waals surface area contributed by atoms with Crippen molar-refractivity contribution >= 4 is 5.97 Å². The van der Waals surface area contributed by atoms with Gasteiger partial charge in [-0.25, -0.2) is 0 Å². The smallest absolute Gasteiger partial charge is 0.313 e. The van der Waals surface area contributed by atoms with Crippen LogP contribution in [0.4, 0.5) is 0 Å². The predicted molar refractivity (Wildman–Crippen MR) is 98.1 cm³/mol. The van der Waals surface area contributed by atoms with Crippen LogP contribution in [-0.4, -0.2) is 37.1 Å². The summed E-state index contributed by atoms with van der Waals surface area (Å²) >= 11 is 0. The van der Waals surface area contributed by atoms with E-state index in [0.29, 0.717) is 13.0 Å². The Balaban J connectivity index is 2.04. The summed E-state index contributed by atoms with van der Waals surface area (Å²) in [6, 6.07) is 20.0. The van der Waals surface area contributed by atoms with Crippen molar-refractivity contribution in [3.63, 3.8) is 0 Å². The van der Waals surface area contributed by atoms with Gasteiger partial charge in [0.05, 0.1) is 5.92 Å². The highest BCUT2D eigenvalue weighted by Crippen LogP contribution is 2.22. The Bertz CT molecular complexity index is 594. The largest absolute Gasteiger partial charge is 0.464 e. The van der Waals surface area contributed by atoms with E-state index in [0.717, 1.165) is 30.8 Å². The molecule has 24 heavy (non-hydrogen) atoms. The zero-order valence-electron chi connectivity index (χ0n) is 14.7. The Kier molecular flexibility index (Phi) is 7.50. The summed E-state index contributed by atoms with van der Waals surface area (Å²) in [4.78, 5) is 14.9. The van der Waals surface area contributed by atoms with Crippen LogP contribution < -0.4 is 0 Å². The number of esters is 1. The second kappa shape index (κ2) is 9.89. The molecule has 0 heterocycles. The van der Waals surface area contributed by atoms with Crippen LogP contribution in [0.3, 0.4) is 0 Å². The normalized spacial score (nSPS) is 12.1. The van der Waals surface area contributed by atoms with Gasteiger partial charge >= 0.3 is 5.97 Å². The summed E-state index contributed by atoms with van der Waals surface area (Å²) in [7, 11) is 0. The molecule has 3 heteroatoms. The Labute approximate surface area is 145 Å². The third-order valence-electron chi connectivity index (χ3n) is 4.32. The minimum atomic E-state index is -0.259. The Morgan fingerprint density at radius 3 is 2.12 bits per heavy atom. The maximum atomic E-state index is 12.7. The Morgan fingerprint density at radius 1 is 0.958 bits per heavy atom. The molecule has 2 rings (SSSR count). The van der Waals surface area contributed by atoms with Crippen molar-refractivity contribution in [2.75, 3.05) is 26.2 Å². The van der Waals surface area contributed by atoms with E-state index in [1.165, 1.54) is 0 Å². The third-order valence-corrected chi connectivity index (χ3v) is 4.32. The third kappa shape index (κ3) is 5.50. The Morgan fingerprint density at radius 2 is 1.54 bits per heavy atom. The van der Waals surface area contributed by atoms with Crippen LogP contribution in [0.15, 0.2) is 60.7 Å². The second-order valence-electron chi connectivity index (χ2n) is 5.85. The fourth-order valence-corrected chi connectivity index (χ4v) is 2.79. The van der Waals surface area contributed by atoms with Gasteiger partial charge in [0.25, 0.3) is 0 Å². The maximum absolute atomic E-state index is 12.7. The molecule has 2 aromatic rings. The van der Waals surface area contributed by atoms with Crippen molar-refractivity contribution in [3.05, 3.63) is 71.8 Å². The lowest BCUT2D eigenvalue weighted by molar-refractivity contribution is -0.145. The molecule has 2 aromatic carbocycles. The first kappa shape index (κ1) is 18.2.